The first-order chi connectivity index (χ1) is 8.61. The van der Waals surface area contributed by atoms with Gasteiger partial charge in [-0.05, 0) is 19.3 Å². The molecule has 1 fully saturated rings. The van der Waals surface area contributed by atoms with Crippen LogP contribution in [0.1, 0.15) is 37.8 Å². The number of piperazine rings is 1. The zero-order chi connectivity index (χ0) is 13.1. The molecule has 102 valence electrons. The van der Waals surface area contributed by atoms with Crippen molar-refractivity contribution in [3.05, 3.63) is 16.1 Å². The van der Waals surface area contributed by atoms with Crippen molar-refractivity contribution in [1.82, 2.24) is 15.2 Å². The van der Waals surface area contributed by atoms with Crippen LogP contribution in [0.2, 0.25) is 0 Å². The lowest BCUT2D eigenvalue weighted by Crippen LogP contribution is -2.57. The molecular weight excluding hydrogens is 242 g/mol. The number of aryl methyl sites for hydroxylation is 1. The molecule has 1 aromatic heterocycles. The summed E-state index contributed by atoms with van der Waals surface area (Å²) in [5, 5.41) is 3.67. The Hall–Kier alpha value is -0.450. The fraction of sp³-hybridized carbons (Fsp3) is 0.786. The zero-order valence-electron chi connectivity index (χ0n) is 11.9. The van der Waals surface area contributed by atoms with Crippen molar-refractivity contribution in [1.29, 1.82) is 0 Å². The fourth-order valence-electron chi connectivity index (χ4n) is 2.67. The molecule has 0 aromatic carbocycles. The van der Waals surface area contributed by atoms with E-state index in [-0.39, 0.29) is 0 Å². The summed E-state index contributed by atoms with van der Waals surface area (Å²) >= 11 is 1.79. The Balaban J connectivity index is 2.07. The van der Waals surface area contributed by atoms with Crippen LogP contribution in [-0.2, 0) is 6.54 Å². The second kappa shape index (κ2) is 6.13. The van der Waals surface area contributed by atoms with Crippen LogP contribution in [-0.4, -0.2) is 35.1 Å². The van der Waals surface area contributed by atoms with Crippen LogP contribution in [0, 0.1) is 12.8 Å². The van der Waals surface area contributed by atoms with Gasteiger partial charge in [0.1, 0.15) is 0 Å². The van der Waals surface area contributed by atoms with Crippen molar-refractivity contribution in [2.45, 2.75) is 52.7 Å². The number of aromatic nitrogens is 1. The SMILES string of the molecule is CCC1CN(Cc2scnc2C)C(C(C)C)CN1. The summed E-state index contributed by atoms with van der Waals surface area (Å²) in [7, 11) is 0. The van der Waals surface area contributed by atoms with Crippen molar-refractivity contribution < 1.29 is 0 Å². The van der Waals surface area contributed by atoms with Crippen LogP contribution in [0.5, 0.6) is 0 Å². The van der Waals surface area contributed by atoms with Crippen molar-refractivity contribution in [3.8, 4) is 0 Å². The minimum absolute atomic E-state index is 0.647. The highest BCUT2D eigenvalue weighted by Gasteiger charge is 2.29. The lowest BCUT2D eigenvalue weighted by Gasteiger charge is -2.42. The molecule has 18 heavy (non-hydrogen) atoms. The maximum atomic E-state index is 4.37. The average Bonchev–Trinajstić information content (AvgIpc) is 2.74. The molecular formula is C14H25N3S. The van der Waals surface area contributed by atoms with E-state index < -0.39 is 0 Å². The van der Waals surface area contributed by atoms with E-state index in [0.717, 1.165) is 19.6 Å². The van der Waals surface area contributed by atoms with E-state index in [1.54, 1.807) is 11.3 Å². The molecule has 2 heterocycles. The number of hydrogen-bond donors (Lipinski definition) is 1. The highest BCUT2D eigenvalue weighted by atomic mass is 32.1. The predicted octanol–water partition coefficient (Wildman–Crippen LogP) is 2.66. The fourth-order valence-corrected chi connectivity index (χ4v) is 3.48. The maximum absolute atomic E-state index is 4.37. The van der Waals surface area contributed by atoms with Crippen molar-refractivity contribution in [3.63, 3.8) is 0 Å². The summed E-state index contributed by atoms with van der Waals surface area (Å²) in [6.45, 7) is 12.4. The van der Waals surface area contributed by atoms with Crippen LogP contribution in [0.15, 0.2) is 5.51 Å². The van der Waals surface area contributed by atoms with Crippen LogP contribution in [0.4, 0.5) is 0 Å². The Kier molecular flexibility index (Phi) is 4.76. The first-order valence-electron chi connectivity index (χ1n) is 6.98. The van der Waals surface area contributed by atoms with Gasteiger partial charge in [-0.25, -0.2) is 4.98 Å². The molecule has 0 amide bonds. The molecule has 0 bridgehead atoms. The van der Waals surface area contributed by atoms with Crippen molar-refractivity contribution >= 4 is 11.3 Å². The first-order valence-corrected chi connectivity index (χ1v) is 7.86. The van der Waals surface area contributed by atoms with E-state index in [1.807, 2.05) is 5.51 Å². The molecule has 1 N–H and O–H groups in total. The van der Waals surface area contributed by atoms with Gasteiger partial charge in [0.2, 0.25) is 0 Å². The molecule has 0 spiro atoms. The number of nitrogens with one attached hydrogen (secondary N) is 1. The molecule has 1 aromatic rings. The summed E-state index contributed by atoms with van der Waals surface area (Å²) in [6.07, 6.45) is 1.21. The molecule has 2 unspecified atom stereocenters. The minimum atomic E-state index is 0.647. The lowest BCUT2D eigenvalue weighted by atomic mass is 9.97. The van der Waals surface area contributed by atoms with E-state index in [9.17, 15) is 0 Å². The molecule has 2 rings (SSSR count). The molecule has 0 radical (unpaired) electrons. The van der Waals surface area contributed by atoms with Gasteiger partial charge in [-0.3, -0.25) is 4.90 Å². The maximum Gasteiger partial charge on any atom is 0.0798 e. The molecule has 4 heteroatoms. The standard InChI is InChI=1S/C14H25N3S/c1-5-12-7-17(13(6-15-12)10(2)3)8-14-11(4)16-9-18-14/h9-10,12-13,15H,5-8H2,1-4H3. The van der Waals surface area contributed by atoms with Gasteiger partial charge >= 0.3 is 0 Å². The van der Waals surface area contributed by atoms with Gasteiger partial charge in [0.15, 0.2) is 0 Å². The van der Waals surface area contributed by atoms with E-state index >= 15 is 0 Å². The van der Waals surface area contributed by atoms with Crippen molar-refractivity contribution in [2.75, 3.05) is 13.1 Å². The topological polar surface area (TPSA) is 28.2 Å². The Morgan fingerprint density at radius 2 is 2.33 bits per heavy atom. The third kappa shape index (κ3) is 3.11. The third-order valence-corrected chi connectivity index (χ3v) is 4.91. The van der Waals surface area contributed by atoms with Gasteiger partial charge in [0.05, 0.1) is 11.2 Å². The molecule has 1 aliphatic heterocycles. The molecule has 3 nitrogen and oxygen atoms in total. The summed E-state index contributed by atoms with van der Waals surface area (Å²) in [5.74, 6) is 0.698. The van der Waals surface area contributed by atoms with Gasteiger partial charge in [-0.1, -0.05) is 20.8 Å². The third-order valence-electron chi connectivity index (χ3n) is 3.99. The number of rotatable bonds is 4. The van der Waals surface area contributed by atoms with Crippen molar-refractivity contribution in [2.24, 2.45) is 5.92 Å². The normalized spacial score (nSPS) is 25.8. The van der Waals surface area contributed by atoms with E-state index in [1.165, 1.54) is 17.0 Å². The summed E-state index contributed by atoms with van der Waals surface area (Å²) in [5.41, 5.74) is 3.17. The molecule has 0 aliphatic carbocycles. The Morgan fingerprint density at radius 1 is 1.56 bits per heavy atom. The minimum Gasteiger partial charge on any atom is -0.311 e. The Labute approximate surface area is 115 Å². The predicted molar refractivity (Wildman–Crippen MR) is 78.0 cm³/mol. The van der Waals surface area contributed by atoms with Gasteiger partial charge < -0.3 is 5.32 Å². The van der Waals surface area contributed by atoms with Crippen LogP contribution < -0.4 is 5.32 Å². The second-order valence-electron chi connectivity index (χ2n) is 5.62. The largest absolute Gasteiger partial charge is 0.311 e. The highest BCUT2D eigenvalue weighted by molar-refractivity contribution is 7.09. The Morgan fingerprint density at radius 3 is 2.89 bits per heavy atom. The van der Waals surface area contributed by atoms with Crippen LogP contribution >= 0.6 is 11.3 Å². The van der Waals surface area contributed by atoms with E-state index in [2.05, 4.69) is 42.9 Å². The van der Waals surface area contributed by atoms with E-state index in [0.29, 0.717) is 18.0 Å². The van der Waals surface area contributed by atoms with Gasteiger partial charge in [-0.15, -0.1) is 11.3 Å². The average molecular weight is 267 g/mol. The number of nitrogens with zero attached hydrogens (tertiary/aromatic N) is 2. The Bertz CT molecular complexity index is 375. The first kappa shape index (κ1) is 14.0. The molecule has 1 saturated heterocycles. The second-order valence-corrected chi connectivity index (χ2v) is 6.55. The monoisotopic (exact) mass is 267 g/mol. The smallest absolute Gasteiger partial charge is 0.0798 e. The summed E-state index contributed by atoms with van der Waals surface area (Å²) < 4.78 is 0. The number of hydrogen-bond acceptors (Lipinski definition) is 4. The zero-order valence-corrected chi connectivity index (χ0v) is 12.8. The summed E-state index contributed by atoms with van der Waals surface area (Å²) in [6, 6.07) is 1.29. The van der Waals surface area contributed by atoms with E-state index in [4.69, 9.17) is 0 Å². The van der Waals surface area contributed by atoms with Gasteiger partial charge in [-0.2, -0.15) is 0 Å². The van der Waals surface area contributed by atoms with Gasteiger partial charge in [0, 0.05) is 36.6 Å². The number of thiazole rings is 1. The molecule has 2 atom stereocenters. The van der Waals surface area contributed by atoms with Crippen LogP contribution in [0.3, 0.4) is 0 Å². The lowest BCUT2D eigenvalue weighted by molar-refractivity contribution is 0.0908. The van der Waals surface area contributed by atoms with Crippen LogP contribution in [0.25, 0.3) is 0 Å². The quantitative estimate of drug-likeness (QED) is 0.909. The highest BCUT2D eigenvalue weighted by Crippen LogP contribution is 2.22. The summed E-state index contributed by atoms with van der Waals surface area (Å²) in [4.78, 5) is 8.44. The molecule has 0 saturated carbocycles. The molecule has 1 aliphatic rings. The van der Waals surface area contributed by atoms with Gasteiger partial charge in [0.25, 0.3) is 0 Å².